The molecular formula is C20H30N4O4S. The Bertz CT molecular complexity index is 829. The van der Waals surface area contributed by atoms with Crippen LogP contribution in [0.2, 0.25) is 0 Å². The van der Waals surface area contributed by atoms with E-state index in [1.54, 1.807) is 23.1 Å². The lowest BCUT2D eigenvalue weighted by Crippen LogP contribution is -2.51. The van der Waals surface area contributed by atoms with Gasteiger partial charge in [-0.1, -0.05) is 13.0 Å². The van der Waals surface area contributed by atoms with Gasteiger partial charge in [0.25, 0.3) is 5.91 Å². The molecule has 1 N–H and O–H groups in total. The Morgan fingerprint density at radius 3 is 2.38 bits per heavy atom. The molecule has 0 spiro atoms. The van der Waals surface area contributed by atoms with Crippen molar-refractivity contribution in [3.8, 4) is 0 Å². The highest BCUT2D eigenvalue weighted by molar-refractivity contribution is 7.89. The van der Waals surface area contributed by atoms with Gasteiger partial charge in [-0.2, -0.15) is 4.31 Å². The maximum atomic E-state index is 12.9. The zero-order valence-corrected chi connectivity index (χ0v) is 17.8. The van der Waals surface area contributed by atoms with E-state index in [4.69, 9.17) is 0 Å². The lowest BCUT2D eigenvalue weighted by Gasteiger charge is -2.34. The predicted molar refractivity (Wildman–Crippen MR) is 110 cm³/mol. The fourth-order valence-electron chi connectivity index (χ4n) is 3.68. The number of benzene rings is 1. The van der Waals surface area contributed by atoms with Crippen LogP contribution in [0.3, 0.4) is 0 Å². The Labute approximate surface area is 172 Å². The van der Waals surface area contributed by atoms with Crippen molar-refractivity contribution < 1.29 is 18.0 Å². The van der Waals surface area contributed by atoms with Gasteiger partial charge in [-0.25, -0.2) is 8.42 Å². The highest BCUT2D eigenvalue weighted by Gasteiger charge is 2.29. The van der Waals surface area contributed by atoms with E-state index in [9.17, 15) is 18.0 Å². The third kappa shape index (κ3) is 5.34. The minimum absolute atomic E-state index is 0.00597. The molecule has 0 aliphatic carbocycles. The topological polar surface area (TPSA) is 90.0 Å². The number of hydrogen-bond acceptors (Lipinski definition) is 5. The average Bonchev–Trinajstić information content (AvgIpc) is 3.28. The summed E-state index contributed by atoms with van der Waals surface area (Å²) in [6.07, 6.45) is 2.65. The molecule has 1 aromatic carbocycles. The summed E-state index contributed by atoms with van der Waals surface area (Å²) in [6, 6.07) is 6.33. The molecule has 0 radical (unpaired) electrons. The van der Waals surface area contributed by atoms with Crippen LogP contribution in [-0.2, 0) is 14.8 Å². The van der Waals surface area contributed by atoms with E-state index in [0.717, 1.165) is 19.3 Å². The normalized spacial score (nSPS) is 18.7. The number of nitrogens with zero attached hydrogens (tertiary/aromatic N) is 3. The minimum Gasteiger partial charge on any atom is -0.355 e. The van der Waals surface area contributed by atoms with Gasteiger partial charge in [-0.15, -0.1) is 0 Å². The quantitative estimate of drug-likeness (QED) is 0.701. The van der Waals surface area contributed by atoms with Gasteiger partial charge in [0, 0.05) is 51.4 Å². The highest BCUT2D eigenvalue weighted by atomic mass is 32.2. The summed E-state index contributed by atoms with van der Waals surface area (Å²) in [5.74, 6) is -0.162. The van der Waals surface area contributed by atoms with E-state index in [-0.39, 0.29) is 16.7 Å². The van der Waals surface area contributed by atoms with Crippen LogP contribution >= 0.6 is 0 Å². The molecule has 2 amide bonds. The van der Waals surface area contributed by atoms with Gasteiger partial charge in [0.15, 0.2) is 0 Å². The third-order valence-corrected chi connectivity index (χ3v) is 7.28. The Balaban J connectivity index is 1.60. The van der Waals surface area contributed by atoms with Crippen LogP contribution in [-0.4, -0.2) is 86.7 Å². The summed E-state index contributed by atoms with van der Waals surface area (Å²) in [7, 11) is -3.55. The molecule has 8 nitrogen and oxygen atoms in total. The van der Waals surface area contributed by atoms with E-state index in [2.05, 4.69) is 5.32 Å². The van der Waals surface area contributed by atoms with Crippen LogP contribution in [0.1, 0.15) is 36.5 Å². The summed E-state index contributed by atoms with van der Waals surface area (Å²) in [5.41, 5.74) is 0.388. The maximum Gasteiger partial charge on any atom is 0.253 e. The number of hydrogen-bond donors (Lipinski definition) is 1. The number of sulfonamides is 1. The molecule has 0 aromatic heterocycles. The predicted octanol–water partition coefficient (Wildman–Crippen LogP) is 0.755. The second-order valence-electron chi connectivity index (χ2n) is 7.56. The first-order valence-corrected chi connectivity index (χ1v) is 11.7. The van der Waals surface area contributed by atoms with Gasteiger partial charge >= 0.3 is 0 Å². The van der Waals surface area contributed by atoms with Gasteiger partial charge in [0.05, 0.1) is 11.4 Å². The number of rotatable bonds is 7. The smallest absolute Gasteiger partial charge is 0.253 e. The summed E-state index contributed by atoms with van der Waals surface area (Å²) in [4.78, 5) is 28.7. The molecule has 9 heteroatoms. The van der Waals surface area contributed by atoms with Crippen molar-refractivity contribution in [1.29, 1.82) is 0 Å². The summed E-state index contributed by atoms with van der Waals surface area (Å²) in [5, 5.41) is 2.86. The number of carbonyl (C=O) groups excluding carboxylic acids is 2. The fourth-order valence-corrected chi connectivity index (χ4v) is 5.25. The first-order chi connectivity index (χ1) is 13.9. The first-order valence-electron chi connectivity index (χ1n) is 10.3. The van der Waals surface area contributed by atoms with Crippen LogP contribution in [0.25, 0.3) is 0 Å². The van der Waals surface area contributed by atoms with Gasteiger partial charge < -0.3 is 10.2 Å². The number of amides is 2. The molecule has 2 aliphatic heterocycles. The SMILES string of the molecule is CCCNC(=O)CN1CCN(C(=O)c2cccc(S(=O)(=O)N3CCCC3)c2)CC1. The summed E-state index contributed by atoms with van der Waals surface area (Å²) < 4.78 is 27.0. The van der Waals surface area contributed by atoms with Crippen LogP contribution in [0.5, 0.6) is 0 Å². The molecule has 2 saturated heterocycles. The second-order valence-corrected chi connectivity index (χ2v) is 9.50. The van der Waals surface area contributed by atoms with Crippen LogP contribution in [0.15, 0.2) is 29.2 Å². The van der Waals surface area contributed by atoms with E-state index in [0.29, 0.717) is 57.9 Å². The zero-order valence-electron chi connectivity index (χ0n) is 17.0. The Morgan fingerprint density at radius 1 is 1.03 bits per heavy atom. The average molecular weight is 423 g/mol. The molecule has 3 rings (SSSR count). The van der Waals surface area contributed by atoms with Crippen molar-refractivity contribution in [2.45, 2.75) is 31.1 Å². The minimum atomic E-state index is -3.55. The van der Waals surface area contributed by atoms with Gasteiger partial charge in [-0.05, 0) is 37.5 Å². The molecule has 0 bridgehead atoms. The summed E-state index contributed by atoms with van der Waals surface area (Å²) in [6.45, 7) is 6.37. The lowest BCUT2D eigenvalue weighted by molar-refractivity contribution is -0.122. The molecule has 2 fully saturated rings. The van der Waals surface area contributed by atoms with E-state index >= 15 is 0 Å². The molecule has 0 saturated carbocycles. The van der Waals surface area contributed by atoms with Crippen molar-refractivity contribution >= 4 is 21.8 Å². The molecule has 0 atom stereocenters. The Kier molecular flexibility index (Phi) is 7.26. The molecular weight excluding hydrogens is 392 g/mol. The first kappa shape index (κ1) is 21.7. The van der Waals surface area contributed by atoms with Crippen molar-refractivity contribution in [1.82, 2.24) is 19.4 Å². The van der Waals surface area contributed by atoms with E-state index in [1.807, 2.05) is 11.8 Å². The highest BCUT2D eigenvalue weighted by Crippen LogP contribution is 2.22. The Morgan fingerprint density at radius 2 is 1.72 bits per heavy atom. The summed E-state index contributed by atoms with van der Waals surface area (Å²) >= 11 is 0. The van der Waals surface area contributed by atoms with Crippen LogP contribution in [0, 0.1) is 0 Å². The fraction of sp³-hybridized carbons (Fsp3) is 0.600. The lowest BCUT2D eigenvalue weighted by atomic mass is 10.2. The number of nitrogens with one attached hydrogen (secondary N) is 1. The van der Waals surface area contributed by atoms with Gasteiger partial charge in [0.2, 0.25) is 15.9 Å². The number of piperazine rings is 1. The molecule has 2 heterocycles. The van der Waals surface area contributed by atoms with Gasteiger partial charge in [-0.3, -0.25) is 14.5 Å². The largest absolute Gasteiger partial charge is 0.355 e. The molecule has 0 unspecified atom stereocenters. The molecule has 2 aliphatic rings. The van der Waals surface area contributed by atoms with Crippen LogP contribution < -0.4 is 5.32 Å². The molecule has 1 aromatic rings. The van der Waals surface area contributed by atoms with Crippen molar-refractivity contribution in [3.05, 3.63) is 29.8 Å². The number of carbonyl (C=O) groups is 2. The van der Waals surface area contributed by atoms with Crippen LogP contribution in [0.4, 0.5) is 0 Å². The maximum absolute atomic E-state index is 12.9. The van der Waals surface area contributed by atoms with E-state index in [1.165, 1.54) is 10.4 Å². The monoisotopic (exact) mass is 422 g/mol. The van der Waals surface area contributed by atoms with Crippen molar-refractivity contribution in [3.63, 3.8) is 0 Å². The van der Waals surface area contributed by atoms with Crippen molar-refractivity contribution in [2.24, 2.45) is 0 Å². The Hall–Kier alpha value is -1.97. The van der Waals surface area contributed by atoms with Gasteiger partial charge in [0.1, 0.15) is 0 Å². The zero-order chi connectivity index (χ0) is 20.9. The third-order valence-electron chi connectivity index (χ3n) is 5.38. The van der Waals surface area contributed by atoms with Crippen molar-refractivity contribution in [2.75, 3.05) is 52.4 Å². The standard InChI is InChI=1S/C20H30N4O4S/c1-2-8-21-19(25)16-22-11-13-23(14-12-22)20(26)17-6-5-7-18(15-17)29(27,28)24-9-3-4-10-24/h5-7,15H,2-4,8-14,16H2,1H3,(H,21,25). The second kappa shape index (κ2) is 9.69. The molecule has 29 heavy (non-hydrogen) atoms. The molecule has 160 valence electrons. The van der Waals surface area contributed by atoms with E-state index < -0.39 is 10.0 Å².